The summed E-state index contributed by atoms with van der Waals surface area (Å²) in [5.41, 5.74) is 0. The number of rotatable bonds is 42. The number of carbonyl (C=O) groups is 2. The van der Waals surface area contributed by atoms with E-state index in [0.29, 0.717) is 6.42 Å². The van der Waals surface area contributed by atoms with E-state index in [-0.39, 0.29) is 19.4 Å². The molecule has 2 N–H and O–H groups in total. The van der Waals surface area contributed by atoms with Gasteiger partial charge in [-0.1, -0.05) is 205 Å². The summed E-state index contributed by atoms with van der Waals surface area (Å²) in [6.07, 6.45) is 47.7. The van der Waals surface area contributed by atoms with Crippen LogP contribution in [0.2, 0.25) is 0 Å². The molecule has 318 valence electrons. The van der Waals surface area contributed by atoms with Crippen LogP contribution in [0.4, 0.5) is 0 Å². The summed E-state index contributed by atoms with van der Waals surface area (Å²) in [6.45, 7) is 3.66. The molecule has 0 rings (SSSR count). The molecule has 0 bridgehead atoms. The lowest BCUT2D eigenvalue weighted by Gasteiger charge is -2.18. The van der Waals surface area contributed by atoms with Crippen LogP contribution < -0.4 is 0 Å². The number of esters is 2. The average Bonchev–Trinajstić information content (AvgIpc) is 3.14. The highest BCUT2D eigenvalue weighted by atomic mass is 31.2. The van der Waals surface area contributed by atoms with Crippen molar-refractivity contribution in [2.75, 3.05) is 13.2 Å². The lowest BCUT2D eigenvalue weighted by atomic mass is 10.0. The van der Waals surface area contributed by atoms with Gasteiger partial charge in [-0.3, -0.25) is 14.1 Å². The van der Waals surface area contributed by atoms with Crippen LogP contribution in [0.5, 0.6) is 0 Å². The molecule has 0 fully saturated rings. The van der Waals surface area contributed by atoms with Crippen LogP contribution in [0.1, 0.15) is 232 Å². The molecule has 0 aromatic carbocycles. The number of hydrogen-bond donors (Lipinski definition) is 2. The number of phosphoric acid groups is 1. The fourth-order valence-corrected chi connectivity index (χ4v) is 6.93. The third-order valence-electron chi connectivity index (χ3n) is 9.97. The zero-order valence-electron chi connectivity index (χ0n) is 35.1. The maximum absolute atomic E-state index is 12.4. The van der Waals surface area contributed by atoms with Crippen molar-refractivity contribution in [3.8, 4) is 0 Å². The first kappa shape index (κ1) is 52.5. The Morgan fingerprint density at radius 1 is 0.481 bits per heavy atom. The zero-order chi connectivity index (χ0) is 39.6. The monoisotopic (exact) mass is 785 g/mol. The van der Waals surface area contributed by atoms with Gasteiger partial charge in [0.1, 0.15) is 6.61 Å². The van der Waals surface area contributed by atoms with Crippen molar-refractivity contribution in [1.29, 1.82) is 0 Å². The van der Waals surface area contributed by atoms with Crippen LogP contribution in [0, 0.1) is 0 Å². The van der Waals surface area contributed by atoms with Crippen molar-refractivity contribution in [2.45, 2.75) is 238 Å². The second-order valence-corrected chi connectivity index (χ2v) is 16.6. The fraction of sp³-hybridized carbons (Fsp3) is 0.867. The molecule has 9 heteroatoms. The molecule has 0 amide bonds. The minimum absolute atomic E-state index is 0.199. The first-order chi connectivity index (χ1) is 26.3. The van der Waals surface area contributed by atoms with Gasteiger partial charge in [0.05, 0.1) is 6.61 Å². The summed E-state index contributed by atoms with van der Waals surface area (Å²) >= 11 is 0. The van der Waals surface area contributed by atoms with Gasteiger partial charge in [0.25, 0.3) is 0 Å². The molecule has 0 aliphatic carbocycles. The molecule has 54 heavy (non-hydrogen) atoms. The van der Waals surface area contributed by atoms with Gasteiger partial charge in [0.15, 0.2) is 6.10 Å². The Balaban J connectivity index is 3.81. The van der Waals surface area contributed by atoms with E-state index in [2.05, 4.69) is 42.7 Å². The topological polar surface area (TPSA) is 119 Å². The van der Waals surface area contributed by atoms with Crippen LogP contribution in [0.25, 0.3) is 0 Å². The van der Waals surface area contributed by atoms with Crippen molar-refractivity contribution < 1.29 is 37.9 Å². The summed E-state index contributed by atoms with van der Waals surface area (Å²) in [7, 11) is -4.75. The van der Waals surface area contributed by atoms with Gasteiger partial charge < -0.3 is 19.3 Å². The van der Waals surface area contributed by atoms with Crippen LogP contribution in [0.3, 0.4) is 0 Å². The van der Waals surface area contributed by atoms with Crippen molar-refractivity contribution in [3.63, 3.8) is 0 Å². The smallest absolute Gasteiger partial charge is 0.462 e. The molecule has 0 saturated heterocycles. The van der Waals surface area contributed by atoms with Crippen LogP contribution in [-0.2, 0) is 28.2 Å². The molecule has 0 aromatic rings. The van der Waals surface area contributed by atoms with Gasteiger partial charge in [-0.2, -0.15) is 0 Å². The number of carbonyl (C=O) groups excluding carboxylic acids is 2. The predicted octanol–water partition coefficient (Wildman–Crippen LogP) is 14.0. The Labute approximate surface area is 332 Å². The minimum atomic E-state index is -4.75. The van der Waals surface area contributed by atoms with Crippen LogP contribution >= 0.6 is 7.82 Å². The van der Waals surface area contributed by atoms with Crippen molar-refractivity contribution in [3.05, 3.63) is 24.3 Å². The summed E-state index contributed by atoms with van der Waals surface area (Å²) in [5, 5.41) is 0. The molecular formula is C45H85O8P. The highest BCUT2D eigenvalue weighted by molar-refractivity contribution is 7.46. The number of phosphoric ester groups is 1. The normalized spacial score (nSPS) is 12.6. The van der Waals surface area contributed by atoms with Gasteiger partial charge in [-0.05, 0) is 38.5 Å². The maximum Gasteiger partial charge on any atom is 0.469 e. The molecule has 0 spiro atoms. The van der Waals surface area contributed by atoms with Gasteiger partial charge in [-0.25, -0.2) is 4.57 Å². The van der Waals surface area contributed by atoms with Gasteiger partial charge >= 0.3 is 19.8 Å². The van der Waals surface area contributed by atoms with E-state index >= 15 is 0 Å². The first-order valence-corrected chi connectivity index (χ1v) is 24.2. The molecule has 0 aliphatic rings. The standard InChI is InChI=1S/C45H85O8P/c1-3-5-7-9-11-13-15-17-19-20-21-22-23-24-25-26-28-29-31-33-35-37-39-44(46)51-41-43(42-52-54(48,49)50)53-45(47)40-38-36-34-32-30-27-18-16-14-12-10-8-6-4-2/h10,12,16,18,43H,3-9,11,13-15,17,19-42H2,1-2H3,(H2,48,49,50)/b12-10-,18-16-. The van der Waals surface area contributed by atoms with Crippen molar-refractivity contribution in [2.24, 2.45) is 0 Å². The van der Waals surface area contributed by atoms with E-state index in [1.165, 1.54) is 135 Å². The Bertz CT molecular complexity index is 931. The predicted molar refractivity (Wildman–Crippen MR) is 225 cm³/mol. The van der Waals surface area contributed by atoms with Crippen molar-refractivity contribution >= 4 is 19.8 Å². The quantitative estimate of drug-likeness (QED) is 0.0272. The Hall–Kier alpha value is -1.47. The molecule has 1 atom stereocenters. The summed E-state index contributed by atoms with van der Waals surface area (Å²) in [4.78, 5) is 42.9. The Morgan fingerprint density at radius 3 is 1.28 bits per heavy atom. The van der Waals surface area contributed by atoms with E-state index in [1.807, 2.05) is 0 Å². The van der Waals surface area contributed by atoms with E-state index in [9.17, 15) is 14.2 Å². The zero-order valence-corrected chi connectivity index (χ0v) is 36.0. The second-order valence-electron chi connectivity index (χ2n) is 15.4. The van der Waals surface area contributed by atoms with E-state index < -0.39 is 32.5 Å². The largest absolute Gasteiger partial charge is 0.469 e. The molecule has 0 aromatic heterocycles. The summed E-state index contributed by atoms with van der Waals surface area (Å²) < 4.78 is 26.4. The minimum Gasteiger partial charge on any atom is -0.462 e. The molecule has 1 unspecified atom stereocenters. The Kier molecular flexibility index (Phi) is 40.1. The lowest BCUT2D eigenvalue weighted by molar-refractivity contribution is -0.161. The third kappa shape index (κ3) is 43.3. The molecule has 0 heterocycles. The highest BCUT2D eigenvalue weighted by Gasteiger charge is 2.22. The summed E-state index contributed by atoms with van der Waals surface area (Å²) in [5.74, 6) is -0.890. The second kappa shape index (κ2) is 41.2. The highest BCUT2D eigenvalue weighted by Crippen LogP contribution is 2.36. The SMILES string of the molecule is CCCC/C=C\C/C=C\CCCCCCCC(=O)OC(COC(=O)CCCCCCCCCCCCCCCCCCCCCCCC)COP(=O)(O)O. The van der Waals surface area contributed by atoms with E-state index in [0.717, 1.165) is 64.2 Å². The number of unbranched alkanes of at least 4 members (excludes halogenated alkanes) is 28. The van der Waals surface area contributed by atoms with E-state index in [1.54, 1.807) is 0 Å². The number of allylic oxidation sites excluding steroid dienone is 4. The van der Waals surface area contributed by atoms with Gasteiger partial charge in [0.2, 0.25) is 0 Å². The van der Waals surface area contributed by atoms with Crippen LogP contribution in [0.15, 0.2) is 24.3 Å². The Morgan fingerprint density at radius 2 is 0.852 bits per heavy atom. The third-order valence-corrected chi connectivity index (χ3v) is 10.5. The summed E-state index contributed by atoms with van der Waals surface area (Å²) in [6, 6.07) is 0. The molecule has 0 radical (unpaired) electrons. The molecular weight excluding hydrogens is 699 g/mol. The lowest BCUT2D eigenvalue weighted by Crippen LogP contribution is -2.29. The molecule has 8 nitrogen and oxygen atoms in total. The van der Waals surface area contributed by atoms with Crippen molar-refractivity contribution in [1.82, 2.24) is 0 Å². The van der Waals surface area contributed by atoms with Crippen LogP contribution in [-0.4, -0.2) is 41.0 Å². The number of ether oxygens (including phenoxy) is 2. The molecule has 0 saturated carbocycles. The van der Waals surface area contributed by atoms with E-state index in [4.69, 9.17) is 19.3 Å². The first-order valence-electron chi connectivity index (χ1n) is 22.6. The fourth-order valence-electron chi connectivity index (χ4n) is 6.57. The van der Waals surface area contributed by atoms with Gasteiger partial charge in [-0.15, -0.1) is 0 Å². The molecule has 0 aliphatic heterocycles. The van der Waals surface area contributed by atoms with Gasteiger partial charge in [0, 0.05) is 12.8 Å². The average molecular weight is 785 g/mol. The number of hydrogen-bond acceptors (Lipinski definition) is 6. The maximum atomic E-state index is 12.4.